The molecule has 0 spiro atoms. The second-order valence-electron chi connectivity index (χ2n) is 11.9. The zero-order chi connectivity index (χ0) is 27.0. The number of nitrogens with zero attached hydrogens (tertiary/aromatic N) is 1. The topological polar surface area (TPSA) is 75.4 Å². The van der Waals surface area contributed by atoms with Gasteiger partial charge in [0.15, 0.2) is 0 Å². The first kappa shape index (κ1) is 28.6. The van der Waals surface area contributed by atoms with Crippen molar-refractivity contribution in [2.75, 3.05) is 0 Å². The van der Waals surface area contributed by atoms with Crippen LogP contribution in [-0.4, -0.2) is 28.0 Å². The Hall–Kier alpha value is -2.40. The number of amides is 3. The molecule has 5 heteroatoms. The first-order valence-corrected chi connectivity index (χ1v) is 15.4. The lowest BCUT2D eigenvalue weighted by Gasteiger charge is -2.41. The fourth-order valence-electron chi connectivity index (χ4n) is 6.94. The van der Waals surface area contributed by atoms with Gasteiger partial charge in [-0.3, -0.25) is 4.79 Å². The summed E-state index contributed by atoms with van der Waals surface area (Å²) in [5, 5.41) is 5.64. The minimum atomic E-state index is -0.933. The van der Waals surface area contributed by atoms with Gasteiger partial charge in [0.25, 0.3) is 5.91 Å². The highest BCUT2D eigenvalue weighted by molar-refractivity contribution is 6.08. The zero-order valence-electron chi connectivity index (χ0n) is 23.8. The van der Waals surface area contributed by atoms with E-state index < -0.39 is 11.2 Å². The normalized spacial score (nSPS) is 20.9. The number of fused-ring (bicyclic) bond motifs is 1. The number of imide groups is 1. The standard InChI is InChI=1S/C33H49N3O2/c1-3-5-7-14-23-32(34,24-15-8-6-4-2)36-30(37)33(35-31(36)38,28-20-10-9-11-21-28)25-27-19-16-18-26-17-12-13-22-29(26)27/h12-13,16-19,22,28H,3-11,14-15,20-21,23-25,34H2,1-2H3,(H,35,38)/t33-/m0/s1. The fourth-order valence-corrected chi connectivity index (χ4v) is 6.94. The van der Waals surface area contributed by atoms with Crippen molar-refractivity contribution < 1.29 is 9.59 Å². The van der Waals surface area contributed by atoms with Gasteiger partial charge in [0.05, 0.1) is 0 Å². The number of carbonyl (C=O) groups excluding carboxylic acids is 2. The van der Waals surface area contributed by atoms with Crippen LogP contribution < -0.4 is 11.1 Å². The summed E-state index contributed by atoms with van der Waals surface area (Å²) in [5.74, 6) is 0.0388. The molecule has 1 aliphatic heterocycles. The Morgan fingerprint density at radius 1 is 0.868 bits per heavy atom. The van der Waals surface area contributed by atoms with Gasteiger partial charge >= 0.3 is 6.03 Å². The molecule has 5 nitrogen and oxygen atoms in total. The Morgan fingerprint density at radius 3 is 2.16 bits per heavy atom. The van der Waals surface area contributed by atoms with Gasteiger partial charge in [-0.05, 0) is 60.8 Å². The molecule has 0 radical (unpaired) electrons. The van der Waals surface area contributed by atoms with Crippen LogP contribution in [0.4, 0.5) is 4.79 Å². The Labute approximate surface area is 229 Å². The molecule has 1 saturated carbocycles. The molecule has 2 aromatic rings. The highest BCUT2D eigenvalue weighted by Gasteiger charge is 2.59. The van der Waals surface area contributed by atoms with Crippen molar-refractivity contribution in [3.05, 3.63) is 48.0 Å². The number of nitrogens with one attached hydrogen (secondary N) is 1. The number of hydrogen-bond acceptors (Lipinski definition) is 3. The van der Waals surface area contributed by atoms with E-state index in [1.165, 1.54) is 11.3 Å². The third kappa shape index (κ3) is 6.09. The summed E-state index contributed by atoms with van der Waals surface area (Å²) in [6.07, 6.45) is 15.8. The average molecular weight is 520 g/mol. The van der Waals surface area contributed by atoms with Crippen molar-refractivity contribution in [2.45, 2.75) is 128 Å². The molecule has 3 N–H and O–H groups in total. The minimum absolute atomic E-state index is 0.0872. The molecule has 2 fully saturated rings. The third-order valence-electron chi connectivity index (χ3n) is 9.14. The van der Waals surface area contributed by atoms with Crippen LogP contribution in [0.1, 0.15) is 116 Å². The van der Waals surface area contributed by atoms with Gasteiger partial charge in [-0.25, -0.2) is 9.69 Å². The molecule has 0 aromatic heterocycles. The third-order valence-corrected chi connectivity index (χ3v) is 9.14. The van der Waals surface area contributed by atoms with Gasteiger partial charge in [-0.1, -0.05) is 114 Å². The van der Waals surface area contributed by atoms with Crippen molar-refractivity contribution in [1.29, 1.82) is 0 Å². The van der Waals surface area contributed by atoms with Crippen molar-refractivity contribution in [3.8, 4) is 0 Å². The Kier molecular flexibility index (Phi) is 9.86. The van der Waals surface area contributed by atoms with E-state index >= 15 is 0 Å². The van der Waals surface area contributed by atoms with Crippen LogP contribution in [-0.2, 0) is 11.2 Å². The Balaban J connectivity index is 1.69. The largest absolute Gasteiger partial charge is 0.326 e. The van der Waals surface area contributed by atoms with E-state index in [0.717, 1.165) is 93.4 Å². The van der Waals surface area contributed by atoms with Crippen LogP contribution in [0.2, 0.25) is 0 Å². The maximum atomic E-state index is 14.7. The summed E-state index contributed by atoms with van der Waals surface area (Å²) in [5.41, 5.74) is 6.39. The molecular weight excluding hydrogens is 470 g/mol. The number of carbonyl (C=O) groups is 2. The Morgan fingerprint density at radius 2 is 1.50 bits per heavy atom. The first-order chi connectivity index (χ1) is 18.4. The average Bonchev–Trinajstić information content (AvgIpc) is 3.20. The summed E-state index contributed by atoms with van der Waals surface area (Å²) in [4.78, 5) is 30.0. The van der Waals surface area contributed by atoms with Gasteiger partial charge in [-0.2, -0.15) is 0 Å². The summed E-state index contributed by atoms with van der Waals surface area (Å²) in [6, 6.07) is 14.4. The lowest BCUT2D eigenvalue weighted by Crippen LogP contribution is -2.61. The van der Waals surface area contributed by atoms with Gasteiger partial charge < -0.3 is 11.1 Å². The molecule has 0 bridgehead atoms. The van der Waals surface area contributed by atoms with Crippen molar-refractivity contribution >= 4 is 22.7 Å². The molecule has 1 aliphatic carbocycles. The molecule has 2 aromatic carbocycles. The van der Waals surface area contributed by atoms with Crippen molar-refractivity contribution in [2.24, 2.45) is 11.7 Å². The number of hydrogen-bond donors (Lipinski definition) is 2. The van der Waals surface area contributed by atoms with Crippen molar-refractivity contribution in [1.82, 2.24) is 10.2 Å². The monoisotopic (exact) mass is 519 g/mol. The summed E-state index contributed by atoms with van der Waals surface area (Å²) < 4.78 is 0. The van der Waals surface area contributed by atoms with Crippen molar-refractivity contribution in [3.63, 3.8) is 0 Å². The van der Waals surface area contributed by atoms with E-state index in [0.29, 0.717) is 19.3 Å². The van der Waals surface area contributed by atoms with Crippen LogP contribution in [0.25, 0.3) is 10.8 Å². The minimum Gasteiger partial charge on any atom is -0.322 e. The van der Waals surface area contributed by atoms with Crippen LogP contribution in [0.5, 0.6) is 0 Å². The zero-order valence-corrected chi connectivity index (χ0v) is 23.8. The van der Waals surface area contributed by atoms with E-state index in [1.54, 1.807) is 0 Å². The summed E-state index contributed by atoms with van der Waals surface area (Å²) in [6.45, 7) is 4.40. The molecule has 1 atom stereocenters. The molecule has 1 heterocycles. The number of urea groups is 1. The maximum Gasteiger partial charge on any atom is 0.326 e. The molecule has 4 rings (SSSR count). The second-order valence-corrected chi connectivity index (χ2v) is 11.9. The Bertz CT molecular complexity index is 1060. The van der Waals surface area contributed by atoms with Crippen LogP contribution in [0.15, 0.2) is 42.5 Å². The van der Waals surface area contributed by atoms with E-state index in [4.69, 9.17) is 5.73 Å². The van der Waals surface area contributed by atoms with Crippen LogP contribution >= 0.6 is 0 Å². The number of benzene rings is 2. The van der Waals surface area contributed by atoms with Gasteiger partial charge in [0.1, 0.15) is 11.2 Å². The highest BCUT2D eigenvalue weighted by atomic mass is 16.2. The second kappa shape index (κ2) is 13.1. The molecular formula is C33H49N3O2. The first-order valence-electron chi connectivity index (χ1n) is 15.4. The molecule has 0 unspecified atom stereocenters. The van der Waals surface area contributed by atoms with E-state index in [2.05, 4.69) is 55.6 Å². The quantitative estimate of drug-likeness (QED) is 0.197. The number of unbranched alkanes of at least 4 members (excludes halogenated alkanes) is 6. The SMILES string of the molecule is CCCCCCC(N)(CCCCCC)N1C(=O)N[C@@](Cc2cccc3ccccc23)(C2CCCCC2)C1=O. The van der Waals surface area contributed by atoms with E-state index in [1.807, 2.05) is 6.07 Å². The lowest BCUT2D eigenvalue weighted by atomic mass is 9.71. The molecule has 38 heavy (non-hydrogen) atoms. The predicted molar refractivity (Wildman–Crippen MR) is 157 cm³/mol. The van der Waals surface area contributed by atoms with E-state index in [-0.39, 0.29) is 17.9 Å². The fraction of sp³-hybridized carbons (Fsp3) is 0.636. The molecule has 3 amide bonds. The number of rotatable bonds is 14. The summed E-state index contributed by atoms with van der Waals surface area (Å²) >= 11 is 0. The lowest BCUT2D eigenvalue weighted by molar-refractivity contribution is -0.138. The van der Waals surface area contributed by atoms with Gasteiger partial charge in [0.2, 0.25) is 0 Å². The summed E-state index contributed by atoms with van der Waals surface area (Å²) in [7, 11) is 0. The molecule has 208 valence electrons. The highest BCUT2D eigenvalue weighted by Crippen LogP contribution is 2.42. The molecule has 1 saturated heterocycles. The maximum absolute atomic E-state index is 14.7. The molecule has 2 aliphatic rings. The van der Waals surface area contributed by atoms with Gasteiger partial charge in [0, 0.05) is 6.42 Å². The van der Waals surface area contributed by atoms with Crippen LogP contribution in [0.3, 0.4) is 0 Å². The van der Waals surface area contributed by atoms with E-state index in [9.17, 15) is 9.59 Å². The smallest absolute Gasteiger partial charge is 0.322 e. The predicted octanol–water partition coefficient (Wildman–Crippen LogP) is 7.85. The van der Waals surface area contributed by atoms with Gasteiger partial charge in [-0.15, -0.1) is 0 Å². The number of nitrogens with two attached hydrogens (primary N) is 1. The van der Waals surface area contributed by atoms with Crippen LogP contribution in [0, 0.1) is 5.92 Å².